The van der Waals surface area contributed by atoms with E-state index in [2.05, 4.69) is 0 Å². The Bertz CT molecular complexity index is 422. The van der Waals surface area contributed by atoms with Crippen molar-refractivity contribution in [3.63, 3.8) is 0 Å². The van der Waals surface area contributed by atoms with E-state index in [1.165, 1.54) is 0 Å². The zero-order valence-corrected chi connectivity index (χ0v) is 10.2. The van der Waals surface area contributed by atoms with Gasteiger partial charge in [-0.15, -0.1) is 0 Å². The molecule has 3 nitrogen and oxygen atoms in total. The molecule has 1 aromatic carbocycles. The third-order valence-corrected chi connectivity index (χ3v) is 3.20. The fourth-order valence-electron chi connectivity index (χ4n) is 1.97. The van der Waals surface area contributed by atoms with Gasteiger partial charge in [-0.3, -0.25) is 9.59 Å². The van der Waals surface area contributed by atoms with Crippen molar-refractivity contribution in [2.45, 2.75) is 19.3 Å². The third kappa shape index (κ3) is 2.86. The first-order valence-electron chi connectivity index (χ1n) is 5.77. The molecule has 4 heteroatoms. The van der Waals surface area contributed by atoms with E-state index in [4.69, 9.17) is 11.6 Å². The Morgan fingerprint density at radius 3 is 2.18 bits per heavy atom. The number of halogens is 1. The van der Waals surface area contributed by atoms with Gasteiger partial charge in [0.1, 0.15) is 0 Å². The molecule has 0 radical (unpaired) electrons. The van der Waals surface area contributed by atoms with E-state index >= 15 is 0 Å². The number of Topliss-reactive ketones (excluding diaryl/α,β-unsaturated/α-hetero) is 1. The molecule has 1 saturated heterocycles. The van der Waals surface area contributed by atoms with Gasteiger partial charge in [-0.1, -0.05) is 11.6 Å². The van der Waals surface area contributed by atoms with Crippen LogP contribution in [0.3, 0.4) is 0 Å². The van der Waals surface area contributed by atoms with Gasteiger partial charge in [0.15, 0.2) is 0 Å². The minimum atomic E-state index is -0.441. The number of carbonyl (C=O) groups excluding carboxylic acids is 2. The summed E-state index contributed by atoms with van der Waals surface area (Å²) in [5, 5.41) is 0.562. The summed E-state index contributed by atoms with van der Waals surface area (Å²) in [6.07, 6.45) is 3.11. The van der Waals surface area contributed by atoms with Crippen molar-refractivity contribution in [2.75, 3.05) is 13.1 Å². The molecular formula is C13H14ClNO2. The number of amides is 1. The zero-order valence-electron chi connectivity index (χ0n) is 9.49. The van der Waals surface area contributed by atoms with Crippen molar-refractivity contribution in [3.8, 4) is 0 Å². The van der Waals surface area contributed by atoms with E-state index in [1.807, 2.05) is 0 Å². The summed E-state index contributed by atoms with van der Waals surface area (Å²) in [6, 6.07) is 6.43. The summed E-state index contributed by atoms with van der Waals surface area (Å²) >= 11 is 5.74. The highest BCUT2D eigenvalue weighted by Crippen LogP contribution is 2.13. The van der Waals surface area contributed by atoms with E-state index in [-0.39, 0.29) is 0 Å². The maximum atomic E-state index is 11.9. The predicted octanol–water partition coefficient (Wildman–Crippen LogP) is 2.54. The van der Waals surface area contributed by atoms with Crippen LogP contribution in [0.5, 0.6) is 0 Å². The van der Waals surface area contributed by atoms with E-state index < -0.39 is 11.7 Å². The van der Waals surface area contributed by atoms with Gasteiger partial charge in [0, 0.05) is 23.7 Å². The lowest BCUT2D eigenvalue weighted by Gasteiger charge is -2.25. The number of piperidine rings is 1. The highest BCUT2D eigenvalue weighted by Gasteiger charge is 2.24. The Balaban J connectivity index is 2.08. The van der Waals surface area contributed by atoms with Crippen molar-refractivity contribution in [1.82, 2.24) is 4.90 Å². The van der Waals surface area contributed by atoms with Gasteiger partial charge >= 0.3 is 0 Å². The lowest BCUT2D eigenvalue weighted by atomic mass is 10.1. The van der Waals surface area contributed by atoms with Crippen LogP contribution in [0, 0.1) is 0 Å². The Morgan fingerprint density at radius 1 is 1.00 bits per heavy atom. The number of benzene rings is 1. The highest BCUT2D eigenvalue weighted by atomic mass is 35.5. The van der Waals surface area contributed by atoms with Crippen LogP contribution in [0.1, 0.15) is 29.6 Å². The van der Waals surface area contributed by atoms with Crippen molar-refractivity contribution in [1.29, 1.82) is 0 Å². The first-order chi connectivity index (χ1) is 8.18. The molecule has 0 aromatic heterocycles. The highest BCUT2D eigenvalue weighted by molar-refractivity contribution is 6.42. The monoisotopic (exact) mass is 251 g/mol. The largest absolute Gasteiger partial charge is 0.336 e. The van der Waals surface area contributed by atoms with Crippen LogP contribution in [-0.4, -0.2) is 29.7 Å². The summed E-state index contributed by atoms with van der Waals surface area (Å²) in [5.41, 5.74) is 0.407. The second-order valence-electron chi connectivity index (χ2n) is 4.19. The average molecular weight is 252 g/mol. The van der Waals surface area contributed by atoms with Crippen LogP contribution >= 0.6 is 11.6 Å². The Morgan fingerprint density at radius 2 is 1.59 bits per heavy atom. The van der Waals surface area contributed by atoms with Crippen molar-refractivity contribution >= 4 is 23.3 Å². The molecule has 2 rings (SSSR count). The molecule has 17 heavy (non-hydrogen) atoms. The summed E-state index contributed by atoms with van der Waals surface area (Å²) in [5.74, 6) is -0.837. The molecule has 0 spiro atoms. The molecule has 1 aliphatic heterocycles. The van der Waals surface area contributed by atoms with Gasteiger partial charge in [0.05, 0.1) is 0 Å². The molecule has 0 saturated carbocycles. The molecule has 0 unspecified atom stereocenters. The number of hydrogen-bond donors (Lipinski definition) is 0. The van der Waals surface area contributed by atoms with Crippen LogP contribution in [0.2, 0.25) is 5.02 Å². The molecule has 1 heterocycles. The normalized spacial score (nSPS) is 15.7. The first-order valence-corrected chi connectivity index (χ1v) is 6.15. The fourth-order valence-corrected chi connectivity index (χ4v) is 2.09. The topological polar surface area (TPSA) is 37.4 Å². The van der Waals surface area contributed by atoms with Crippen LogP contribution in [0.4, 0.5) is 0 Å². The van der Waals surface area contributed by atoms with Gasteiger partial charge in [0.25, 0.3) is 5.91 Å². The van der Waals surface area contributed by atoms with Crippen molar-refractivity contribution in [3.05, 3.63) is 34.9 Å². The predicted molar refractivity (Wildman–Crippen MR) is 66.2 cm³/mol. The average Bonchev–Trinajstić information content (AvgIpc) is 2.39. The summed E-state index contributed by atoms with van der Waals surface area (Å²) in [4.78, 5) is 25.5. The molecule has 1 aromatic rings. The Labute approximate surface area is 105 Å². The van der Waals surface area contributed by atoms with Gasteiger partial charge < -0.3 is 4.90 Å². The smallest absolute Gasteiger partial charge is 0.294 e. The molecule has 0 bridgehead atoms. The minimum Gasteiger partial charge on any atom is -0.336 e. The molecular weight excluding hydrogens is 238 g/mol. The van der Waals surface area contributed by atoms with Crippen molar-refractivity contribution < 1.29 is 9.59 Å². The summed E-state index contributed by atoms with van der Waals surface area (Å²) < 4.78 is 0. The quantitative estimate of drug-likeness (QED) is 0.598. The Hall–Kier alpha value is -1.35. The first kappa shape index (κ1) is 12.1. The minimum absolute atomic E-state index is 0.396. The number of likely N-dealkylation sites (tertiary alicyclic amines) is 1. The number of nitrogens with zero attached hydrogens (tertiary/aromatic N) is 1. The SMILES string of the molecule is O=C(C(=O)N1CCCCC1)c1ccc(Cl)cc1. The third-order valence-electron chi connectivity index (χ3n) is 2.94. The van der Waals surface area contributed by atoms with Crippen molar-refractivity contribution in [2.24, 2.45) is 0 Å². The second-order valence-corrected chi connectivity index (χ2v) is 4.63. The van der Waals surface area contributed by atoms with Crippen LogP contribution < -0.4 is 0 Å². The molecule has 1 aliphatic rings. The zero-order chi connectivity index (χ0) is 12.3. The Kier molecular flexibility index (Phi) is 3.79. The van der Waals surface area contributed by atoms with Crippen LogP contribution in [0.25, 0.3) is 0 Å². The van der Waals surface area contributed by atoms with E-state index in [0.29, 0.717) is 23.7 Å². The number of hydrogen-bond acceptors (Lipinski definition) is 2. The van der Waals surface area contributed by atoms with Gasteiger partial charge in [-0.2, -0.15) is 0 Å². The van der Waals surface area contributed by atoms with Gasteiger partial charge in [-0.05, 0) is 43.5 Å². The standard InChI is InChI=1S/C13H14ClNO2/c14-11-6-4-10(5-7-11)12(16)13(17)15-8-2-1-3-9-15/h4-7H,1-3,8-9H2. The van der Waals surface area contributed by atoms with E-state index in [0.717, 1.165) is 19.3 Å². The molecule has 0 N–H and O–H groups in total. The maximum Gasteiger partial charge on any atom is 0.294 e. The van der Waals surface area contributed by atoms with Crippen LogP contribution in [0.15, 0.2) is 24.3 Å². The number of carbonyl (C=O) groups is 2. The molecule has 0 aliphatic carbocycles. The second kappa shape index (κ2) is 5.32. The molecule has 1 amide bonds. The molecule has 90 valence electrons. The van der Waals surface area contributed by atoms with E-state index in [9.17, 15) is 9.59 Å². The number of rotatable bonds is 2. The molecule has 1 fully saturated rings. The molecule has 0 atom stereocenters. The fraction of sp³-hybridized carbons (Fsp3) is 0.385. The van der Waals surface area contributed by atoms with Gasteiger partial charge in [0.2, 0.25) is 5.78 Å². The summed E-state index contributed by atoms with van der Waals surface area (Å²) in [6.45, 7) is 1.39. The summed E-state index contributed by atoms with van der Waals surface area (Å²) in [7, 11) is 0. The lowest BCUT2D eigenvalue weighted by molar-refractivity contribution is -0.127. The van der Waals surface area contributed by atoms with Gasteiger partial charge in [-0.25, -0.2) is 0 Å². The van der Waals surface area contributed by atoms with Crippen LogP contribution in [-0.2, 0) is 4.79 Å². The maximum absolute atomic E-state index is 11.9. The lowest BCUT2D eigenvalue weighted by Crippen LogP contribution is -2.40. The number of ketones is 1. The van der Waals surface area contributed by atoms with E-state index in [1.54, 1.807) is 29.2 Å².